The van der Waals surface area contributed by atoms with Gasteiger partial charge in [0.1, 0.15) is 17.0 Å². The SMILES string of the molecule is C[C@H](Oc1cc(C(=O)CC(C)(CC(=O)OC(C)(C)C)C2CC2)ncc1C1CC1)C(F)(F)F. The molecule has 2 aliphatic rings. The highest BCUT2D eigenvalue weighted by molar-refractivity contribution is 5.95. The zero-order chi connectivity index (χ0) is 23.9. The summed E-state index contributed by atoms with van der Waals surface area (Å²) in [6.07, 6.45) is -1.28. The molecule has 0 saturated heterocycles. The number of hydrogen-bond donors (Lipinski definition) is 0. The van der Waals surface area contributed by atoms with Gasteiger partial charge in [-0.3, -0.25) is 14.6 Å². The van der Waals surface area contributed by atoms with Crippen molar-refractivity contribution in [3.05, 3.63) is 23.5 Å². The van der Waals surface area contributed by atoms with Gasteiger partial charge in [0.15, 0.2) is 11.9 Å². The van der Waals surface area contributed by atoms with E-state index in [-0.39, 0.29) is 47.9 Å². The number of nitrogens with zero attached hydrogens (tertiary/aromatic N) is 1. The molecule has 1 unspecified atom stereocenters. The Balaban J connectivity index is 1.78. The first kappa shape index (κ1) is 24.5. The lowest BCUT2D eigenvalue weighted by atomic mass is 9.76. The zero-order valence-electron chi connectivity index (χ0n) is 19.3. The number of alkyl halides is 3. The summed E-state index contributed by atoms with van der Waals surface area (Å²) in [6.45, 7) is 8.22. The van der Waals surface area contributed by atoms with Crippen LogP contribution in [-0.4, -0.2) is 34.6 Å². The van der Waals surface area contributed by atoms with Gasteiger partial charge in [-0.2, -0.15) is 13.2 Å². The second-order valence-corrected chi connectivity index (χ2v) is 10.5. The molecule has 3 rings (SSSR count). The number of ketones is 1. The average Bonchev–Trinajstić information content (AvgIpc) is 3.52. The van der Waals surface area contributed by atoms with E-state index in [1.165, 1.54) is 12.3 Å². The Labute approximate surface area is 187 Å². The molecule has 0 aliphatic heterocycles. The number of ether oxygens (including phenoxy) is 2. The van der Waals surface area contributed by atoms with Crippen LogP contribution in [0.3, 0.4) is 0 Å². The van der Waals surface area contributed by atoms with Gasteiger partial charge in [-0.15, -0.1) is 0 Å². The highest BCUT2D eigenvalue weighted by Gasteiger charge is 2.45. The molecule has 0 aromatic carbocycles. The molecule has 2 saturated carbocycles. The van der Waals surface area contributed by atoms with Gasteiger partial charge in [-0.05, 0) is 70.6 Å². The van der Waals surface area contributed by atoms with Gasteiger partial charge in [0, 0.05) is 24.2 Å². The van der Waals surface area contributed by atoms with Gasteiger partial charge in [0.2, 0.25) is 0 Å². The molecule has 2 fully saturated rings. The first-order valence-electron chi connectivity index (χ1n) is 11.2. The molecule has 0 N–H and O–H groups in total. The highest BCUT2D eigenvalue weighted by Crippen LogP contribution is 2.51. The van der Waals surface area contributed by atoms with Gasteiger partial charge in [0.25, 0.3) is 0 Å². The molecule has 1 heterocycles. The van der Waals surface area contributed by atoms with E-state index in [4.69, 9.17) is 9.47 Å². The summed E-state index contributed by atoms with van der Waals surface area (Å²) in [5.41, 5.74) is -0.532. The molecule has 8 heteroatoms. The van der Waals surface area contributed by atoms with E-state index in [9.17, 15) is 22.8 Å². The lowest BCUT2D eigenvalue weighted by molar-refractivity contribution is -0.189. The van der Waals surface area contributed by atoms with E-state index in [1.54, 1.807) is 20.8 Å². The van der Waals surface area contributed by atoms with Crippen molar-refractivity contribution in [2.45, 2.75) is 96.9 Å². The fourth-order valence-electron chi connectivity index (χ4n) is 3.96. The lowest BCUT2D eigenvalue weighted by Gasteiger charge is -2.30. The largest absolute Gasteiger partial charge is 0.481 e. The van der Waals surface area contributed by atoms with E-state index in [2.05, 4.69) is 4.98 Å². The minimum absolute atomic E-state index is 0.0647. The maximum Gasteiger partial charge on any atom is 0.425 e. The normalized spacial score (nSPS) is 19.8. The number of Topliss-reactive ketones (excluding diaryl/α,β-unsaturated/α-hetero) is 1. The minimum atomic E-state index is -4.51. The molecular weight excluding hydrogens is 423 g/mol. The van der Waals surface area contributed by atoms with Crippen molar-refractivity contribution in [3.63, 3.8) is 0 Å². The molecule has 32 heavy (non-hydrogen) atoms. The van der Waals surface area contributed by atoms with E-state index in [0.29, 0.717) is 5.56 Å². The predicted molar refractivity (Wildman–Crippen MR) is 113 cm³/mol. The third-order valence-corrected chi connectivity index (χ3v) is 6.06. The van der Waals surface area contributed by atoms with Crippen molar-refractivity contribution in [1.82, 2.24) is 4.98 Å². The second-order valence-electron chi connectivity index (χ2n) is 10.5. The first-order chi connectivity index (χ1) is 14.7. The van der Waals surface area contributed by atoms with Gasteiger partial charge >= 0.3 is 12.1 Å². The standard InChI is InChI=1S/C24H32F3NO4/c1-14(24(25,26)27)31-20-10-18(28-13-17(20)15-6-7-15)19(29)11-23(5,16-8-9-16)12-21(30)32-22(2,3)4/h10,13-16H,6-9,11-12H2,1-5H3/t14-,23?/m0/s1. The molecular formula is C24H32F3NO4. The van der Waals surface area contributed by atoms with Gasteiger partial charge in [0.05, 0.1) is 6.42 Å². The van der Waals surface area contributed by atoms with Crippen LogP contribution in [0.5, 0.6) is 5.75 Å². The number of halogens is 3. The summed E-state index contributed by atoms with van der Waals surface area (Å²) < 4.78 is 49.8. The van der Waals surface area contributed by atoms with E-state index in [1.807, 2.05) is 6.92 Å². The van der Waals surface area contributed by atoms with Crippen LogP contribution in [0.4, 0.5) is 13.2 Å². The van der Waals surface area contributed by atoms with E-state index in [0.717, 1.165) is 32.6 Å². The Kier molecular flexibility index (Phi) is 6.64. The van der Waals surface area contributed by atoms with Crippen LogP contribution in [0.2, 0.25) is 0 Å². The Morgan fingerprint density at radius 2 is 1.72 bits per heavy atom. The van der Waals surface area contributed by atoms with Crippen molar-refractivity contribution in [2.24, 2.45) is 11.3 Å². The fraction of sp³-hybridized carbons (Fsp3) is 0.708. The second kappa shape index (κ2) is 8.67. The summed E-state index contributed by atoms with van der Waals surface area (Å²) in [6, 6.07) is 1.33. The summed E-state index contributed by atoms with van der Waals surface area (Å²) in [7, 11) is 0. The molecule has 178 valence electrons. The van der Waals surface area contributed by atoms with Crippen LogP contribution in [0, 0.1) is 11.3 Å². The Bertz CT molecular complexity index is 869. The molecule has 0 amide bonds. The molecule has 0 radical (unpaired) electrons. The number of carbonyl (C=O) groups excluding carboxylic acids is 2. The van der Waals surface area contributed by atoms with Gasteiger partial charge in [-0.25, -0.2) is 0 Å². The van der Waals surface area contributed by atoms with Crippen molar-refractivity contribution in [1.29, 1.82) is 0 Å². The average molecular weight is 456 g/mol. The number of rotatable bonds is 9. The predicted octanol–water partition coefficient (Wildman–Crippen LogP) is 6.01. The molecule has 1 aromatic rings. The third-order valence-electron chi connectivity index (χ3n) is 6.06. The number of aromatic nitrogens is 1. The number of pyridine rings is 1. The van der Waals surface area contributed by atoms with Crippen LogP contribution in [0.15, 0.2) is 12.3 Å². The lowest BCUT2D eigenvalue weighted by Crippen LogP contribution is -2.32. The summed E-state index contributed by atoms with van der Waals surface area (Å²) in [4.78, 5) is 29.8. The number of hydrogen-bond acceptors (Lipinski definition) is 5. The van der Waals surface area contributed by atoms with Crippen molar-refractivity contribution in [3.8, 4) is 5.75 Å². The van der Waals surface area contributed by atoms with Crippen molar-refractivity contribution < 1.29 is 32.2 Å². The van der Waals surface area contributed by atoms with Crippen LogP contribution < -0.4 is 4.74 Å². The Morgan fingerprint density at radius 3 is 2.22 bits per heavy atom. The monoisotopic (exact) mass is 455 g/mol. The molecule has 0 bridgehead atoms. The van der Waals surface area contributed by atoms with Crippen molar-refractivity contribution in [2.75, 3.05) is 0 Å². The first-order valence-corrected chi connectivity index (χ1v) is 11.2. The minimum Gasteiger partial charge on any atom is -0.481 e. The maximum absolute atomic E-state index is 13.1. The molecule has 0 spiro atoms. The summed E-state index contributed by atoms with van der Waals surface area (Å²) in [5.74, 6) is -0.262. The molecule has 1 aromatic heterocycles. The summed E-state index contributed by atoms with van der Waals surface area (Å²) in [5, 5.41) is 0. The number of carbonyl (C=O) groups is 2. The third kappa shape index (κ3) is 6.45. The summed E-state index contributed by atoms with van der Waals surface area (Å²) >= 11 is 0. The molecule has 2 atom stereocenters. The zero-order valence-corrected chi connectivity index (χ0v) is 19.3. The van der Waals surface area contributed by atoms with E-state index >= 15 is 0 Å². The van der Waals surface area contributed by atoms with Crippen LogP contribution in [-0.2, 0) is 9.53 Å². The smallest absolute Gasteiger partial charge is 0.425 e. The maximum atomic E-state index is 13.1. The molecule has 2 aliphatic carbocycles. The Hall–Kier alpha value is -2.12. The topological polar surface area (TPSA) is 65.5 Å². The van der Waals surface area contributed by atoms with Crippen LogP contribution in [0.1, 0.15) is 95.1 Å². The van der Waals surface area contributed by atoms with Gasteiger partial charge in [-0.1, -0.05) is 6.92 Å². The van der Waals surface area contributed by atoms with E-state index < -0.39 is 23.3 Å². The van der Waals surface area contributed by atoms with Crippen LogP contribution >= 0.6 is 0 Å². The van der Waals surface area contributed by atoms with Crippen LogP contribution in [0.25, 0.3) is 0 Å². The van der Waals surface area contributed by atoms with Crippen molar-refractivity contribution >= 4 is 11.8 Å². The number of esters is 1. The molecule has 5 nitrogen and oxygen atoms in total. The fourth-order valence-corrected chi connectivity index (χ4v) is 3.96. The highest BCUT2D eigenvalue weighted by atomic mass is 19.4. The quantitative estimate of drug-likeness (QED) is 0.337. The Morgan fingerprint density at radius 1 is 1.09 bits per heavy atom. The van der Waals surface area contributed by atoms with Gasteiger partial charge < -0.3 is 9.47 Å².